The average Bonchev–Trinajstić information content (AvgIpc) is 2.24. The second-order valence-electron chi connectivity index (χ2n) is 2.64. The van der Waals surface area contributed by atoms with E-state index < -0.39 is 0 Å². The molecule has 6 N–H and O–H groups in total. The first kappa shape index (κ1) is 13.2. The van der Waals surface area contributed by atoms with Crippen molar-refractivity contribution in [3.8, 4) is 0 Å². The molecule has 0 aliphatic carbocycles. The molecule has 0 aromatic rings. The number of aliphatic hydroxyl groups is 1. The van der Waals surface area contributed by atoms with Crippen LogP contribution < -0.4 is 16.4 Å². The van der Waals surface area contributed by atoms with Crippen LogP contribution in [0.25, 0.3) is 0 Å². The summed E-state index contributed by atoms with van der Waals surface area (Å²) >= 11 is 0. The number of hydrogen-bond acceptors (Lipinski definition) is 5. The van der Waals surface area contributed by atoms with Crippen molar-refractivity contribution in [3.05, 3.63) is 24.3 Å². The second kappa shape index (κ2) is 7.57. The summed E-state index contributed by atoms with van der Waals surface area (Å²) in [5.41, 5.74) is 5.73. The highest BCUT2D eigenvalue weighted by Gasteiger charge is 1.98. The zero-order valence-corrected chi connectivity index (χ0v) is 8.75. The molecule has 0 unspecified atom stereocenters. The van der Waals surface area contributed by atoms with E-state index >= 15 is 0 Å². The second-order valence-corrected chi connectivity index (χ2v) is 2.64. The number of allylic oxidation sites excluding steroid dienone is 1. The maximum Gasteiger partial charge on any atom is 0.156 e. The molecular formula is C9H17N5O. The molecule has 0 aliphatic rings. The van der Waals surface area contributed by atoms with Gasteiger partial charge in [0.15, 0.2) is 5.82 Å². The van der Waals surface area contributed by atoms with Crippen LogP contribution in [0.5, 0.6) is 0 Å². The van der Waals surface area contributed by atoms with Crippen LogP contribution >= 0.6 is 0 Å². The maximum absolute atomic E-state index is 8.59. The first-order chi connectivity index (χ1) is 7.15. The van der Waals surface area contributed by atoms with Crippen LogP contribution in [0.15, 0.2) is 29.3 Å². The summed E-state index contributed by atoms with van der Waals surface area (Å²) in [5, 5.41) is 21.2. The number of nitrogens with one attached hydrogen (secondary N) is 3. The zero-order chi connectivity index (χ0) is 11.7. The molecule has 6 heteroatoms. The van der Waals surface area contributed by atoms with Crippen LogP contribution in [0.2, 0.25) is 0 Å². The molecule has 0 saturated carbocycles. The van der Waals surface area contributed by atoms with Crippen molar-refractivity contribution in [2.24, 2.45) is 10.7 Å². The molecule has 0 radical (unpaired) electrons. The highest BCUT2D eigenvalue weighted by atomic mass is 16.3. The Balaban J connectivity index is 4.65. The number of nitrogens with zero attached hydrogens (tertiary/aromatic N) is 1. The lowest BCUT2D eigenvalue weighted by molar-refractivity contribution is 0.300. The van der Waals surface area contributed by atoms with E-state index in [0.717, 1.165) is 6.21 Å². The molecule has 0 aromatic heterocycles. The van der Waals surface area contributed by atoms with Gasteiger partial charge < -0.3 is 26.9 Å². The smallest absolute Gasteiger partial charge is 0.156 e. The molecular weight excluding hydrogens is 194 g/mol. The lowest BCUT2D eigenvalue weighted by Crippen LogP contribution is -2.25. The molecule has 0 aliphatic heterocycles. The van der Waals surface area contributed by atoms with E-state index in [-0.39, 0.29) is 12.3 Å². The van der Waals surface area contributed by atoms with Gasteiger partial charge in [-0.3, -0.25) is 0 Å². The van der Waals surface area contributed by atoms with Gasteiger partial charge in [-0.1, -0.05) is 6.58 Å². The topological polar surface area (TPSA) is 107 Å². The molecule has 0 bridgehead atoms. The fourth-order valence-corrected chi connectivity index (χ4v) is 0.789. The fourth-order valence-electron chi connectivity index (χ4n) is 0.789. The summed E-state index contributed by atoms with van der Waals surface area (Å²) in [7, 11) is 0. The largest absolute Gasteiger partial charge is 0.395 e. The van der Waals surface area contributed by atoms with Crippen LogP contribution in [0.4, 0.5) is 0 Å². The van der Waals surface area contributed by atoms with Crippen molar-refractivity contribution in [2.75, 3.05) is 13.2 Å². The molecule has 84 valence electrons. The molecule has 0 amide bonds. The Bertz CT molecular complexity index is 282. The highest BCUT2D eigenvalue weighted by Crippen LogP contribution is 1.95. The molecule has 0 fully saturated rings. The molecule has 0 saturated heterocycles. The van der Waals surface area contributed by atoms with Crippen LogP contribution in [-0.4, -0.2) is 30.3 Å². The van der Waals surface area contributed by atoms with E-state index in [4.69, 9.17) is 16.2 Å². The van der Waals surface area contributed by atoms with E-state index in [0.29, 0.717) is 18.2 Å². The summed E-state index contributed by atoms with van der Waals surface area (Å²) in [4.78, 5) is 4.09. The van der Waals surface area contributed by atoms with Gasteiger partial charge in [-0.25, -0.2) is 4.99 Å². The summed E-state index contributed by atoms with van der Waals surface area (Å²) in [6, 6.07) is 0. The Labute approximate surface area is 89.1 Å². The van der Waals surface area contributed by atoms with Crippen LogP contribution in [0.1, 0.15) is 6.92 Å². The first-order valence-corrected chi connectivity index (χ1v) is 4.43. The Morgan fingerprint density at radius 2 is 2.33 bits per heavy atom. The minimum absolute atomic E-state index is 0.0286. The van der Waals surface area contributed by atoms with Crippen LogP contribution in [0, 0.1) is 5.41 Å². The molecule has 6 nitrogen and oxygen atoms in total. The van der Waals surface area contributed by atoms with E-state index in [1.165, 1.54) is 6.20 Å². The molecule has 0 aromatic carbocycles. The van der Waals surface area contributed by atoms with Gasteiger partial charge in [0.25, 0.3) is 0 Å². The third kappa shape index (κ3) is 5.48. The summed E-state index contributed by atoms with van der Waals surface area (Å²) in [5.74, 6) is 0.945. The molecule has 0 rings (SSSR count). The number of hydrogen-bond donors (Lipinski definition) is 5. The van der Waals surface area contributed by atoms with Gasteiger partial charge in [0, 0.05) is 12.8 Å². The zero-order valence-electron chi connectivity index (χ0n) is 8.75. The fraction of sp³-hybridized carbons (Fsp3) is 0.333. The van der Waals surface area contributed by atoms with Crippen molar-refractivity contribution in [3.63, 3.8) is 0 Å². The minimum atomic E-state index is 0.0286. The van der Waals surface area contributed by atoms with Crippen molar-refractivity contribution in [1.29, 1.82) is 5.41 Å². The third-order valence-corrected chi connectivity index (χ3v) is 1.44. The van der Waals surface area contributed by atoms with Crippen molar-refractivity contribution < 1.29 is 5.11 Å². The predicted molar refractivity (Wildman–Crippen MR) is 61.5 cm³/mol. The van der Waals surface area contributed by atoms with E-state index in [1.807, 2.05) is 0 Å². The average molecular weight is 211 g/mol. The summed E-state index contributed by atoms with van der Waals surface area (Å²) in [6.45, 7) is 5.66. The Hall–Kier alpha value is -1.82. The van der Waals surface area contributed by atoms with Gasteiger partial charge in [0.1, 0.15) is 5.84 Å². The summed E-state index contributed by atoms with van der Waals surface area (Å²) < 4.78 is 0. The lowest BCUT2D eigenvalue weighted by atomic mass is 10.4. The van der Waals surface area contributed by atoms with Gasteiger partial charge in [-0.15, -0.1) is 0 Å². The molecule has 0 atom stereocenters. The minimum Gasteiger partial charge on any atom is -0.395 e. The van der Waals surface area contributed by atoms with Gasteiger partial charge in [0.05, 0.1) is 12.3 Å². The lowest BCUT2D eigenvalue weighted by Gasteiger charge is -2.07. The maximum atomic E-state index is 8.59. The Morgan fingerprint density at radius 3 is 2.80 bits per heavy atom. The number of aliphatic hydroxyl groups excluding tert-OH is 1. The Kier molecular flexibility index (Phi) is 6.65. The number of rotatable bonds is 6. The number of nitrogens with two attached hydrogens (primary N) is 1. The van der Waals surface area contributed by atoms with Crippen molar-refractivity contribution in [1.82, 2.24) is 10.6 Å². The van der Waals surface area contributed by atoms with Crippen LogP contribution in [-0.2, 0) is 0 Å². The van der Waals surface area contributed by atoms with Gasteiger partial charge in [0.2, 0.25) is 0 Å². The van der Waals surface area contributed by atoms with Gasteiger partial charge in [-0.2, -0.15) is 0 Å². The highest BCUT2D eigenvalue weighted by molar-refractivity contribution is 5.82. The van der Waals surface area contributed by atoms with E-state index in [9.17, 15) is 0 Å². The first-order valence-electron chi connectivity index (χ1n) is 4.43. The SMILES string of the molecule is C=CNC(/N=C(\C)NCCO)=C(\N)C=N. The van der Waals surface area contributed by atoms with Crippen LogP contribution in [0.3, 0.4) is 0 Å². The number of aliphatic imine (C=N–C) groups is 1. The van der Waals surface area contributed by atoms with Crippen molar-refractivity contribution >= 4 is 12.1 Å². The quantitative estimate of drug-likeness (QED) is 0.301. The van der Waals surface area contributed by atoms with Gasteiger partial charge >= 0.3 is 0 Å². The predicted octanol–water partition coefficient (Wildman–Crippen LogP) is -0.503. The third-order valence-electron chi connectivity index (χ3n) is 1.44. The molecule has 0 spiro atoms. The number of amidine groups is 1. The normalized spacial score (nSPS) is 12.8. The van der Waals surface area contributed by atoms with Gasteiger partial charge in [-0.05, 0) is 13.1 Å². The Morgan fingerprint density at radius 1 is 1.67 bits per heavy atom. The molecule has 0 heterocycles. The van der Waals surface area contributed by atoms with E-state index in [1.54, 1.807) is 6.92 Å². The standard InChI is InChI=1S/C9H17N5O/c1-3-12-9(8(11)6-10)14-7(2)13-4-5-15/h3,6,10,12,15H,1,4-5,11H2,2H3,(H,13,14)/b9-8+,10-6?. The van der Waals surface area contributed by atoms with Crippen molar-refractivity contribution in [2.45, 2.75) is 6.92 Å². The van der Waals surface area contributed by atoms with E-state index in [2.05, 4.69) is 22.2 Å². The summed E-state index contributed by atoms with van der Waals surface area (Å²) in [6.07, 6.45) is 2.42. The molecule has 15 heavy (non-hydrogen) atoms. The monoisotopic (exact) mass is 211 g/mol.